The predicted molar refractivity (Wildman–Crippen MR) is 86.0 cm³/mol. The van der Waals surface area contributed by atoms with Crippen LogP contribution >= 0.6 is 0 Å². The molecule has 1 heterocycles. The number of benzene rings is 2. The van der Waals surface area contributed by atoms with E-state index in [9.17, 15) is 10.1 Å². The molecule has 1 aliphatic heterocycles. The summed E-state index contributed by atoms with van der Waals surface area (Å²) >= 11 is 0. The van der Waals surface area contributed by atoms with Gasteiger partial charge in [-0.3, -0.25) is 4.90 Å². The van der Waals surface area contributed by atoms with Crippen LogP contribution in [-0.2, 0) is 0 Å². The van der Waals surface area contributed by atoms with E-state index < -0.39 is 12.0 Å². The van der Waals surface area contributed by atoms with E-state index in [2.05, 4.69) is 6.07 Å². The van der Waals surface area contributed by atoms with Crippen molar-refractivity contribution in [1.29, 1.82) is 5.26 Å². The first kappa shape index (κ1) is 15.8. The zero-order valence-electron chi connectivity index (χ0n) is 13.4. The zero-order chi connectivity index (χ0) is 17.1. The number of esters is 1. The van der Waals surface area contributed by atoms with Gasteiger partial charge in [-0.2, -0.15) is 5.26 Å². The fourth-order valence-electron chi connectivity index (χ4n) is 2.44. The fourth-order valence-corrected chi connectivity index (χ4v) is 2.44. The average Bonchev–Trinajstić information content (AvgIpc) is 3.03. The first-order chi connectivity index (χ1) is 11.6. The van der Waals surface area contributed by atoms with E-state index in [1.54, 1.807) is 55.4 Å². The summed E-state index contributed by atoms with van der Waals surface area (Å²) in [6, 6.07) is 13.6. The highest BCUT2D eigenvalue weighted by Gasteiger charge is 2.26. The number of hydrogen-bond donors (Lipinski definition) is 0. The molecule has 2 aromatic rings. The number of rotatable bonds is 4. The summed E-state index contributed by atoms with van der Waals surface area (Å²) in [4.78, 5) is 14.1. The molecule has 3 rings (SSSR count). The van der Waals surface area contributed by atoms with Gasteiger partial charge in [0.1, 0.15) is 11.8 Å². The molecule has 0 bridgehead atoms. The average molecular weight is 324 g/mol. The molecule has 6 nitrogen and oxygen atoms in total. The van der Waals surface area contributed by atoms with Crippen LogP contribution in [0.5, 0.6) is 17.2 Å². The molecule has 1 aliphatic rings. The van der Waals surface area contributed by atoms with Crippen LogP contribution in [0.25, 0.3) is 0 Å². The molecule has 0 saturated heterocycles. The molecule has 0 fully saturated rings. The molecular weight excluding hydrogens is 308 g/mol. The van der Waals surface area contributed by atoms with Crippen LogP contribution in [0.4, 0.5) is 0 Å². The maximum absolute atomic E-state index is 12.4. The van der Waals surface area contributed by atoms with Crippen molar-refractivity contribution in [3.05, 3.63) is 53.6 Å². The number of fused-ring (bicyclic) bond motifs is 1. The molecular formula is C18H16N2O4. The molecule has 0 amide bonds. The number of carbonyl (C=O) groups is 1. The van der Waals surface area contributed by atoms with Crippen LogP contribution in [-0.4, -0.2) is 31.8 Å². The van der Waals surface area contributed by atoms with Crippen LogP contribution in [0.3, 0.4) is 0 Å². The number of nitriles is 1. The second-order valence-corrected chi connectivity index (χ2v) is 5.49. The summed E-state index contributed by atoms with van der Waals surface area (Å²) in [5.74, 6) is 0.816. The number of carbonyl (C=O) groups excluding carboxylic acids is 1. The van der Waals surface area contributed by atoms with Crippen LogP contribution in [0.15, 0.2) is 42.5 Å². The summed E-state index contributed by atoms with van der Waals surface area (Å²) < 4.78 is 16.3. The Balaban J connectivity index is 2.00. The highest BCUT2D eigenvalue weighted by molar-refractivity contribution is 5.91. The molecule has 0 aromatic heterocycles. The van der Waals surface area contributed by atoms with Crippen molar-refractivity contribution in [1.82, 2.24) is 4.90 Å². The van der Waals surface area contributed by atoms with E-state index in [1.807, 2.05) is 6.07 Å². The van der Waals surface area contributed by atoms with E-state index in [0.717, 1.165) is 0 Å². The summed E-state index contributed by atoms with van der Waals surface area (Å²) in [6.07, 6.45) is 0. The van der Waals surface area contributed by atoms with Gasteiger partial charge in [-0.25, -0.2) is 4.79 Å². The van der Waals surface area contributed by atoms with Gasteiger partial charge in [0.15, 0.2) is 11.5 Å². The van der Waals surface area contributed by atoms with Gasteiger partial charge in [-0.15, -0.1) is 0 Å². The molecule has 6 heteroatoms. The Morgan fingerprint density at radius 1 is 1.21 bits per heavy atom. The van der Waals surface area contributed by atoms with Crippen molar-refractivity contribution in [2.24, 2.45) is 0 Å². The lowest BCUT2D eigenvalue weighted by Crippen LogP contribution is -2.20. The fraction of sp³-hybridized carbons (Fsp3) is 0.222. The summed E-state index contributed by atoms with van der Waals surface area (Å²) in [5, 5.41) is 9.47. The number of hydrogen-bond acceptors (Lipinski definition) is 6. The third kappa shape index (κ3) is 3.03. The van der Waals surface area contributed by atoms with Gasteiger partial charge in [0.25, 0.3) is 0 Å². The molecule has 0 aliphatic carbocycles. The van der Waals surface area contributed by atoms with E-state index in [-0.39, 0.29) is 12.5 Å². The summed E-state index contributed by atoms with van der Waals surface area (Å²) in [5.41, 5.74) is 0.982. The molecule has 0 saturated carbocycles. The first-order valence-electron chi connectivity index (χ1n) is 7.37. The number of ether oxygens (including phenoxy) is 3. The Morgan fingerprint density at radius 3 is 2.50 bits per heavy atom. The van der Waals surface area contributed by atoms with Crippen LogP contribution in [0.2, 0.25) is 0 Å². The topological polar surface area (TPSA) is 71.8 Å². The van der Waals surface area contributed by atoms with Crippen molar-refractivity contribution in [2.75, 3.05) is 20.9 Å². The standard InChI is InChI=1S/C18H16N2O4/c1-20(2)14(10-19)13-8-16-17(23-11-22-16)9-15(13)24-18(21)12-6-4-3-5-7-12/h3-9,14H,11H2,1-2H3. The van der Waals surface area contributed by atoms with Crippen LogP contribution in [0, 0.1) is 11.3 Å². The third-order valence-corrected chi connectivity index (χ3v) is 3.65. The van der Waals surface area contributed by atoms with Gasteiger partial charge in [0, 0.05) is 11.6 Å². The first-order valence-corrected chi connectivity index (χ1v) is 7.37. The predicted octanol–water partition coefficient (Wildman–Crippen LogP) is 2.76. The van der Waals surface area contributed by atoms with Gasteiger partial charge in [-0.05, 0) is 32.3 Å². The Kier molecular flexibility index (Phi) is 4.36. The van der Waals surface area contributed by atoms with Gasteiger partial charge in [0.05, 0.1) is 11.6 Å². The lowest BCUT2D eigenvalue weighted by atomic mass is 10.0. The van der Waals surface area contributed by atoms with Gasteiger partial charge < -0.3 is 14.2 Å². The lowest BCUT2D eigenvalue weighted by Gasteiger charge is -2.20. The normalized spacial score (nSPS) is 13.4. The van der Waals surface area contributed by atoms with Crippen molar-refractivity contribution >= 4 is 5.97 Å². The van der Waals surface area contributed by atoms with Crippen molar-refractivity contribution in [2.45, 2.75) is 6.04 Å². The molecule has 122 valence electrons. The van der Waals surface area contributed by atoms with E-state index in [4.69, 9.17) is 14.2 Å². The highest BCUT2D eigenvalue weighted by atomic mass is 16.7. The minimum Gasteiger partial charge on any atom is -0.454 e. The molecule has 0 spiro atoms. The maximum Gasteiger partial charge on any atom is 0.343 e. The molecule has 0 N–H and O–H groups in total. The monoisotopic (exact) mass is 324 g/mol. The summed E-state index contributed by atoms with van der Waals surface area (Å²) in [6.45, 7) is 0.101. The Hall–Kier alpha value is -3.04. The third-order valence-electron chi connectivity index (χ3n) is 3.65. The van der Waals surface area contributed by atoms with Crippen molar-refractivity contribution < 1.29 is 19.0 Å². The summed E-state index contributed by atoms with van der Waals surface area (Å²) in [7, 11) is 3.56. The van der Waals surface area contributed by atoms with Gasteiger partial charge in [-0.1, -0.05) is 18.2 Å². The SMILES string of the molecule is CN(C)C(C#N)c1cc2c(cc1OC(=O)c1ccccc1)OCO2. The van der Waals surface area contributed by atoms with Gasteiger partial charge >= 0.3 is 5.97 Å². The van der Waals surface area contributed by atoms with Crippen LogP contribution in [0.1, 0.15) is 22.0 Å². The Bertz CT molecular complexity index is 797. The van der Waals surface area contributed by atoms with Crippen LogP contribution < -0.4 is 14.2 Å². The molecule has 1 unspecified atom stereocenters. The number of nitrogens with zero attached hydrogens (tertiary/aromatic N) is 2. The van der Waals surface area contributed by atoms with E-state index >= 15 is 0 Å². The largest absolute Gasteiger partial charge is 0.454 e. The maximum atomic E-state index is 12.4. The quantitative estimate of drug-likeness (QED) is 0.636. The van der Waals surface area contributed by atoms with E-state index in [1.165, 1.54) is 0 Å². The Morgan fingerprint density at radius 2 is 1.88 bits per heavy atom. The van der Waals surface area contributed by atoms with Gasteiger partial charge in [0.2, 0.25) is 6.79 Å². The van der Waals surface area contributed by atoms with Crippen molar-refractivity contribution in [3.63, 3.8) is 0 Å². The molecule has 1 atom stereocenters. The minimum atomic E-state index is -0.585. The molecule has 2 aromatic carbocycles. The smallest absolute Gasteiger partial charge is 0.343 e. The highest BCUT2D eigenvalue weighted by Crippen LogP contribution is 2.41. The minimum absolute atomic E-state index is 0.101. The second kappa shape index (κ2) is 6.60. The zero-order valence-corrected chi connectivity index (χ0v) is 13.4. The Labute approximate surface area is 139 Å². The van der Waals surface area contributed by atoms with Crippen molar-refractivity contribution in [3.8, 4) is 23.3 Å². The second-order valence-electron chi connectivity index (χ2n) is 5.49. The molecule has 0 radical (unpaired) electrons. The molecule has 24 heavy (non-hydrogen) atoms. The lowest BCUT2D eigenvalue weighted by molar-refractivity contribution is 0.0731. The van der Waals surface area contributed by atoms with E-state index in [0.29, 0.717) is 22.6 Å².